The topological polar surface area (TPSA) is 105 Å². The Morgan fingerprint density at radius 2 is 1.78 bits per heavy atom. The van der Waals surface area contributed by atoms with Gasteiger partial charge in [-0.15, -0.1) is 0 Å². The molecule has 3 aliphatic heterocycles. The molecule has 0 aromatic heterocycles. The van der Waals surface area contributed by atoms with E-state index in [4.69, 9.17) is 10.5 Å². The molecule has 1 aromatic carbocycles. The van der Waals surface area contributed by atoms with Gasteiger partial charge in [-0.05, 0) is 88.3 Å². The molecular formula is C28H40N4O4. The van der Waals surface area contributed by atoms with Crippen molar-refractivity contribution in [2.24, 2.45) is 17.6 Å². The number of fused-ring (bicyclic) bond motifs is 1. The number of ether oxygens (including phenoxy) is 1. The number of piperidine rings is 1. The second-order valence-corrected chi connectivity index (χ2v) is 11.0. The van der Waals surface area contributed by atoms with Gasteiger partial charge in [0, 0.05) is 55.6 Å². The lowest BCUT2D eigenvalue weighted by Gasteiger charge is -2.39. The van der Waals surface area contributed by atoms with Gasteiger partial charge in [0.05, 0.1) is 0 Å². The molecule has 3 fully saturated rings. The number of nitrogens with two attached hydrogens (primary N) is 1. The molecule has 8 heteroatoms. The highest BCUT2D eigenvalue weighted by molar-refractivity contribution is 6.06. The summed E-state index contributed by atoms with van der Waals surface area (Å²) in [5.41, 5.74) is 8.83. The average Bonchev–Trinajstić information content (AvgIpc) is 3.24. The largest absolute Gasteiger partial charge is 0.381 e. The van der Waals surface area contributed by atoms with Crippen molar-refractivity contribution in [2.45, 2.75) is 82.8 Å². The van der Waals surface area contributed by atoms with Crippen LogP contribution in [0.3, 0.4) is 0 Å². The fraction of sp³-hybridized carbons (Fsp3) is 0.679. The molecule has 0 bridgehead atoms. The van der Waals surface area contributed by atoms with E-state index >= 15 is 0 Å². The summed E-state index contributed by atoms with van der Waals surface area (Å²) in [6.07, 6.45) is 9.81. The van der Waals surface area contributed by atoms with E-state index in [1.54, 1.807) is 4.90 Å². The molecule has 3 amide bonds. The third-order valence-corrected chi connectivity index (χ3v) is 8.81. The number of hydrogen-bond acceptors (Lipinski definition) is 6. The molecule has 0 spiro atoms. The minimum atomic E-state index is -0.586. The number of carbonyl (C=O) groups excluding carboxylic acids is 3. The Kier molecular flexibility index (Phi) is 7.91. The number of benzene rings is 1. The van der Waals surface area contributed by atoms with E-state index in [1.807, 2.05) is 12.1 Å². The smallest absolute Gasteiger partial charge is 0.255 e. The maximum absolute atomic E-state index is 13.4. The van der Waals surface area contributed by atoms with Gasteiger partial charge in [-0.3, -0.25) is 19.7 Å². The van der Waals surface area contributed by atoms with Crippen molar-refractivity contribution < 1.29 is 19.1 Å². The molecule has 4 aliphatic rings. The Hall–Kier alpha value is -2.45. The molecule has 0 radical (unpaired) electrons. The van der Waals surface area contributed by atoms with Crippen molar-refractivity contribution in [1.82, 2.24) is 10.2 Å². The molecule has 196 valence electrons. The van der Waals surface area contributed by atoms with E-state index in [9.17, 15) is 14.4 Å². The number of anilines is 1. The van der Waals surface area contributed by atoms with Crippen molar-refractivity contribution in [3.63, 3.8) is 0 Å². The van der Waals surface area contributed by atoms with E-state index in [0.29, 0.717) is 30.5 Å². The molecule has 1 unspecified atom stereocenters. The number of hydrogen-bond donors (Lipinski definition) is 2. The molecule has 1 aliphatic carbocycles. The Bertz CT molecular complexity index is 968. The van der Waals surface area contributed by atoms with Gasteiger partial charge < -0.3 is 20.3 Å². The minimum Gasteiger partial charge on any atom is -0.381 e. The van der Waals surface area contributed by atoms with E-state index in [1.165, 1.54) is 6.42 Å². The highest BCUT2D eigenvalue weighted by Crippen LogP contribution is 2.38. The predicted molar refractivity (Wildman–Crippen MR) is 137 cm³/mol. The summed E-state index contributed by atoms with van der Waals surface area (Å²) in [5.74, 6) is 0.624. The number of amides is 3. The number of nitrogens with zero attached hydrogens (tertiary/aromatic N) is 2. The fourth-order valence-electron chi connectivity index (χ4n) is 6.62. The van der Waals surface area contributed by atoms with E-state index in [0.717, 1.165) is 88.4 Å². The summed E-state index contributed by atoms with van der Waals surface area (Å²) in [4.78, 5) is 41.8. The zero-order chi connectivity index (χ0) is 25.1. The summed E-state index contributed by atoms with van der Waals surface area (Å²) in [6.45, 7) is 3.90. The molecule has 36 heavy (non-hydrogen) atoms. The first-order valence-electron chi connectivity index (χ1n) is 13.9. The van der Waals surface area contributed by atoms with Gasteiger partial charge in [-0.2, -0.15) is 0 Å². The number of imide groups is 1. The maximum Gasteiger partial charge on any atom is 0.255 e. The summed E-state index contributed by atoms with van der Waals surface area (Å²) < 4.78 is 5.54. The third-order valence-electron chi connectivity index (χ3n) is 8.81. The van der Waals surface area contributed by atoms with Gasteiger partial charge in [0.15, 0.2) is 0 Å². The SMILES string of the molecule is NCC1CCC(N(CCCC2CCOCC2)c2cccc3c2CN(C2CCC(=O)NC2=O)C3=O)CC1. The van der Waals surface area contributed by atoms with E-state index in [2.05, 4.69) is 16.3 Å². The quantitative estimate of drug-likeness (QED) is 0.536. The third kappa shape index (κ3) is 5.30. The Morgan fingerprint density at radius 3 is 2.50 bits per heavy atom. The molecular weight excluding hydrogens is 456 g/mol. The van der Waals surface area contributed by atoms with Crippen LogP contribution in [0, 0.1) is 11.8 Å². The lowest BCUT2D eigenvalue weighted by molar-refractivity contribution is -0.136. The molecule has 5 rings (SSSR count). The van der Waals surface area contributed by atoms with Crippen LogP contribution in [-0.4, -0.2) is 61.0 Å². The Morgan fingerprint density at radius 1 is 1.00 bits per heavy atom. The molecule has 3 heterocycles. The van der Waals surface area contributed by atoms with Crippen molar-refractivity contribution in [3.05, 3.63) is 29.3 Å². The minimum absolute atomic E-state index is 0.102. The molecule has 1 atom stereocenters. The lowest BCUT2D eigenvalue weighted by Crippen LogP contribution is -2.52. The van der Waals surface area contributed by atoms with Crippen LogP contribution in [-0.2, 0) is 20.9 Å². The highest BCUT2D eigenvalue weighted by atomic mass is 16.5. The molecule has 3 N–H and O–H groups in total. The van der Waals surface area contributed by atoms with Crippen molar-refractivity contribution in [3.8, 4) is 0 Å². The van der Waals surface area contributed by atoms with Gasteiger partial charge >= 0.3 is 0 Å². The Labute approximate surface area is 213 Å². The van der Waals surface area contributed by atoms with Gasteiger partial charge in [0.25, 0.3) is 5.91 Å². The standard InChI is InChI=1S/C28H40N4O4/c29-17-20-6-8-21(9-7-20)31(14-2-3-19-12-15-36-16-13-19)24-5-1-4-22-23(24)18-32(28(22)35)25-10-11-26(33)30-27(25)34/h1,4-5,19-21,25H,2-3,6-18,29H2,(H,30,33,34). The van der Waals surface area contributed by atoms with Gasteiger partial charge in [0.2, 0.25) is 11.8 Å². The lowest BCUT2D eigenvalue weighted by atomic mass is 9.84. The van der Waals surface area contributed by atoms with Crippen LogP contribution < -0.4 is 16.0 Å². The second-order valence-electron chi connectivity index (χ2n) is 11.0. The van der Waals surface area contributed by atoms with Gasteiger partial charge in [-0.25, -0.2) is 0 Å². The maximum atomic E-state index is 13.4. The summed E-state index contributed by atoms with van der Waals surface area (Å²) >= 11 is 0. The van der Waals surface area contributed by atoms with Crippen LogP contribution in [0.25, 0.3) is 0 Å². The second kappa shape index (κ2) is 11.3. The van der Waals surface area contributed by atoms with Crippen molar-refractivity contribution in [1.29, 1.82) is 0 Å². The van der Waals surface area contributed by atoms with Gasteiger partial charge in [-0.1, -0.05) is 6.07 Å². The molecule has 1 saturated carbocycles. The van der Waals surface area contributed by atoms with Crippen LogP contribution in [0.4, 0.5) is 5.69 Å². The first-order valence-corrected chi connectivity index (χ1v) is 13.9. The Balaban J connectivity index is 1.36. The molecule has 2 saturated heterocycles. The number of nitrogens with one attached hydrogen (secondary N) is 1. The van der Waals surface area contributed by atoms with Crippen LogP contribution >= 0.6 is 0 Å². The monoisotopic (exact) mass is 496 g/mol. The normalized spacial score (nSPS) is 27.2. The summed E-state index contributed by atoms with van der Waals surface area (Å²) in [7, 11) is 0. The average molecular weight is 497 g/mol. The zero-order valence-electron chi connectivity index (χ0n) is 21.3. The number of rotatable bonds is 8. The van der Waals surface area contributed by atoms with Crippen LogP contribution in [0.2, 0.25) is 0 Å². The zero-order valence-corrected chi connectivity index (χ0v) is 21.3. The van der Waals surface area contributed by atoms with E-state index in [-0.39, 0.29) is 24.1 Å². The first kappa shape index (κ1) is 25.2. The van der Waals surface area contributed by atoms with Crippen LogP contribution in [0.15, 0.2) is 18.2 Å². The highest BCUT2D eigenvalue weighted by Gasteiger charge is 2.41. The van der Waals surface area contributed by atoms with Gasteiger partial charge in [0.1, 0.15) is 6.04 Å². The summed E-state index contributed by atoms with van der Waals surface area (Å²) in [6, 6.07) is 5.88. The first-order chi connectivity index (χ1) is 17.5. The van der Waals surface area contributed by atoms with Crippen molar-refractivity contribution >= 4 is 23.4 Å². The van der Waals surface area contributed by atoms with Crippen LogP contribution in [0.5, 0.6) is 0 Å². The van der Waals surface area contributed by atoms with E-state index < -0.39 is 6.04 Å². The fourth-order valence-corrected chi connectivity index (χ4v) is 6.62. The molecule has 8 nitrogen and oxygen atoms in total. The van der Waals surface area contributed by atoms with Crippen LogP contribution in [0.1, 0.15) is 80.1 Å². The number of carbonyl (C=O) groups is 3. The van der Waals surface area contributed by atoms with Crippen molar-refractivity contribution in [2.75, 3.05) is 31.2 Å². The summed E-state index contributed by atoms with van der Waals surface area (Å²) in [5, 5.41) is 2.41. The molecule has 1 aromatic rings. The predicted octanol–water partition coefficient (Wildman–Crippen LogP) is 2.98.